The Hall–Kier alpha value is -3.94. The molecule has 3 rings (SSSR count). The fourth-order valence-corrected chi connectivity index (χ4v) is 3.78. The Bertz CT molecular complexity index is 1290. The van der Waals surface area contributed by atoms with Crippen LogP contribution in [0.15, 0.2) is 42.5 Å². The molecule has 0 spiro atoms. The van der Waals surface area contributed by atoms with E-state index in [1.807, 2.05) is 32.9 Å². The minimum absolute atomic E-state index is 0.137. The van der Waals surface area contributed by atoms with Gasteiger partial charge in [-0.15, -0.1) is 0 Å². The molecule has 0 unspecified atom stereocenters. The molecule has 0 saturated heterocycles. The van der Waals surface area contributed by atoms with Crippen molar-refractivity contribution < 1.29 is 24.5 Å². The zero-order valence-corrected chi connectivity index (χ0v) is 20.8. The van der Waals surface area contributed by atoms with E-state index in [4.69, 9.17) is 15.1 Å². The number of para-hydroxylation sites is 1. The number of amides is 2. The molecule has 36 heavy (non-hydrogen) atoms. The van der Waals surface area contributed by atoms with Gasteiger partial charge >= 0.3 is 0 Å². The first-order valence-corrected chi connectivity index (χ1v) is 11.5. The van der Waals surface area contributed by atoms with Crippen molar-refractivity contribution in [2.24, 2.45) is 5.41 Å². The Labute approximate surface area is 209 Å². The number of carbonyl (C=O) groups excluding carboxylic acids is 2. The van der Waals surface area contributed by atoms with Gasteiger partial charge in [0.2, 0.25) is 5.91 Å². The van der Waals surface area contributed by atoms with Crippen LogP contribution >= 0.6 is 0 Å². The lowest BCUT2D eigenvalue weighted by atomic mass is 9.86. The van der Waals surface area contributed by atoms with Crippen LogP contribution in [-0.4, -0.2) is 64.2 Å². The van der Waals surface area contributed by atoms with E-state index in [2.05, 4.69) is 21.8 Å². The summed E-state index contributed by atoms with van der Waals surface area (Å²) in [5, 5.41) is 38.3. The van der Waals surface area contributed by atoms with Crippen LogP contribution in [-0.2, 0) is 11.3 Å². The Kier molecular flexibility index (Phi) is 8.29. The van der Waals surface area contributed by atoms with Gasteiger partial charge in [0.05, 0.1) is 43.5 Å². The molecule has 2 amide bonds. The van der Waals surface area contributed by atoms with Crippen LogP contribution in [0, 0.1) is 16.7 Å². The van der Waals surface area contributed by atoms with E-state index in [0.29, 0.717) is 23.2 Å². The quantitative estimate of drug-likeness (QED) is 0.353. The van der Waals surface area contributed by atoms with Crippen LogP contribution in [0.4, 0.5) is 0 Å². The number of aliphatic hydroxyl groups is 2. The second-order valence-corrected chi connectivity index (χ2v) is 9.52. The predicted molar refractivity (Wildman–Crippen MR) is 133 cm³/mol. The number of carbonyl (C=O) groups is 2. The molecule has 1 heterocycles. The average Bonchev–Trinajstić information content (AvgIpc) is 3.23. The minimum Gasteiger partial charge on any atom is -0.496 e. The highest BCUT2D eigenvalue weighted by Crippen LogP contribution is 2.25. The highest BCUT2D eigenvalue weighted by Gasteiger charge is 2.34. The highest BCUT2D eigenvalue weighted by atomic mass is 16.5. The van der Waals surface area contributed by atoms with Crippen molar-refractivity contribution in [1.29, 1.82) is 5.26 Å². The molecule has 0 saturated carbocycles. The molecule has 0 radical (unpaired) electrons. The fourth-order valence-electron chi connectivity index (χ4n) is 3.78. The summed E-state index contributed by atoms with van der Waals surface area (Å²) in [4.78, 5) is 26.2. The van der Waals surface area contributed by atoms with Crippen LogP contribution in [0.5, 0.6) is 5.75 Å². The van der Waals surface area contributed by atoms with E-state index in [9.17, 15) is 14.7 Å². The maximum Gasteiger partial charge on any atom is 0.273 e. The standard InChI is InChI=1S/C26H31N5O5/c1-26(2,3)23(25(35)28-13-18(33)15-32)29-24(34)22-19-7-5-6-8-20(19)31(30-22)14-17-10-9-16(12-27)11-21(17)36-4/h5-11,18,23,32-33H,13-15H2,1-4H3,(H,28,35)(H,29,34)/t18-,23-/m1/s1. The summed E-state index contributed by atoms with van der Waals surface area (Å²) in [5.74, 6) is -0.460. The molecule has 0 fully saturated rings. The van der Waals surface area contributed by atoms with Crippen LogP contribution in [0.2, 0.25) is 0 Å². The summed E-state index contributed by atoms with van der Waals surface area (Å²) < 4.78 is 7.12. The Balaban J connectivity index is 1.92. The van der Waals surface area contributed by atoms with E-state index < -0.39 is 36.0 Å². The molecular formula is C26H31N5O5. The van der Waals surface area contributed by atoms with Gasteiger partial charge in [0.1, 0.15) is 11.8 Å². The van der Waals surface area contributed by atoms with Gasteiger partial charge in [-0.25, -0.2) is 0 Å². The molecule has 0 aliphatic rings. The summed E-state index contributed by atoms with van der Waals surface area (Å²) in [7, 11) is 1.53. The lowest BCUT2D eigenvalue weighted by molar-refractivity contribution is -0.125. The first-order chi connectivity index (χ1) is 17.1. The molecule has 0 aliphatic heterocycles. The summed E-state index contributed by atoms with van der Waals surface area (Å²) in [5.41, 5.74) is 1.50. The molecule has 2 atom stereocenters. The summed E-state index contributed by atoms with van der Waals surface area (Å²) >= 11 is 0. The van der Waals surface area contributed by atoms with E-state index in [0.717, 1.165) is 11.1 Å². The predicted octanol–water partition coefficient (Wildman–Crippen LogP) is 1.58. The maximum absolute atomic E-state index is 13.4. The minimum atomic E-state index is -1.09. The monoisotopic (exact) mass is 493 g/mol. The zero-order valence-electron chi connectivity index (χ0n) is 20.8. The lowest BCUT2D eigenvalue weighted by Gasteiger charge is -2.30. The van der Waals surface area contributed by atoms with Crippen molar-refractivity contribution in [2.45, 2.75) is 39.5 Å². The van der Waals surface area contributed by atoms with Crippen molar-refractivity contribution in [1.82, 2.24) is 20.4 Å². The van der Waals surface area contributed by atoms with E-state index in [1.165, 1.54) is 7.11 Å². The molecule has 0 aliphatic carbocycles. The van der Waals surface area contributed by atoms with Gasteiger partial charge in [0, 0.05) is 17.5 Å². The van der Waals surface area contributed by atoms with E-state index in [1.54, 1.807) is 35.0 Å². The third kappa shape index (κ3) is 6.00. The maximum atomic E-state index is 13.4. The first kappa shape index (κ1) is 26.7. The van der Waals surface area contributed by atoms with Crippen LogP contribution in [0.1, 0.15) is 42.4 Å². The van der Waals surface area contributed by atoms with Crippen LogP contribution in [0.25, 0.3) is 10.9 Å². The molecular weight excluding hydrogens is 462 g/mol. The van der Waals surface area contributed by atoms with Crippen LogP contribution < -0.4 is 15.4 Å². The molecule has 190 valence electrons. The number of methoxy groups -OCH3 is 1. The Morgan fingerprint density at radius 1 is 1.22 bits per heavy atom. The van der Waals surface area contributed by atoms with E-state index in [-0.39, 0.29) is 12.2 Å². The van der Waals surface area contributed by atoms with Gasteiger partial charge in [-0.1, -0.05) is 45.0 Å². The number of rotatable bonds is 9. The number of nitrogens with one attached hydrogen (secondary N) is 2. The molecule has 1 aromatic heterocycles. The molecule has 10 nitrogen and oxygen atoms in total. The zero-order chi connectivity index (χ0) is 26.5. The topological polar surface area (TPSA) is 149 Å². The molecule has 10 heteroatoms. The lowest BCUT2D eigenvalue weighted by Crippen LogP contribution is -2.54. The van der Waals surface area contributed by atoms with Gasteiger partial charge in [0.25, 0.3) is 5.91 Å². The number of ether oxygens (including phenoxy) is 1. The number of aliphatic hydroxyl groups excluding tert-OH is 2. The van der Waals surface area contributed by atoms with Crippen LogP contribution in [0.3, 0.4) is 0 Å². The van der Waals surface area contributed by atoms with Gasteiger partial charge < -0.3 is 25.6 Å². The van der Waals surface area contributed by atoms with Crippen molar-refractivity contribution in [3.05, 3.63) is 59.3 Å². The summed E-state index contributed by atoms with van der Waals surface area (Å²) in [6.07, 6.45) is -1.09. The van der Waals surface area contributed by atoms with Gasteiger partial charge in [-0.2, -0.15) is 10.4 Å². The normalized spacial score (nSPS) is 13.0. The highest BCUT2D eigenvalue weighted by molar-refractivity contribution is 6.06. The number of nitriles is 1. The van der Waals surface area contributed by atoms with Gasteiger partial charge in [-0.3, -0.25) is 14.3 Å². The number of nitrogens with zero attached hydrogens (tertiary/aromatic N) is 3. The number of hydrogen-bond donors (Lipinski definition) is 4. The van der Waals surface area contributed by atoms with Crippen molar-refractivity contribution in [3.63, 3.8) is 0 Å². The Morgan fingerprint density at radius 3 is 2.58 bits per heavy atom. The molecule has 2 aromatic carbocycles. The number of benzene rings is 2. The van der Waals surface area contributed by atoms with Crippen molar-refractivity contribution in [3.8, 4) is 11.8 Å². The second kappa shape index (κ2) is 11.2. The number of aromatic nitrogens is 2. The van der Waals surface area contributed by atoms with Gasteiger partial charge in [0.15, 0.2) is 5.69 Å². The summed E-state index contributed by atoms with van der Waals surface area (Å²) in [6, 6.07) is 13.6. The molecule has 3 aromatic rings. The largest absolute Gasteiger partial charge is 0.496 e. The summed E-state index contributed by atoms with van der Waals surface area (Å²) in [6.45, 7) is 5.11. The van der Waals surface area contributed by atoms with Crippen molar-refractivity contribution >= 4 is 22.7 Å². The third-order valence-corrected chi connectivity index (χ3v) is 5.74. The SMILES string of the molecule is COc1cc(C#N)ccc1Cn1nc(C(=O)N[C@H](C(=O)NC[C@@H](O)CO)C(C)(C)C)c2ccccc21. The van der Waals surface area contributed by atoms with Gasteiger partial charge in [-0.05, 0) is 23.6 Å². The second-order valence-electron chi connectivity index (χ2n) is 9.52. The Morgan fingerprint density at radius 2 is 1.94 bits per heavy atom. The number of hydrogen-bond acceptors (Lipinski definition) is 7. The molecule has 4 N–H and O–H groups in total. The first-order valence-electron chi connectivity index (χ1n) is 11.5. The molecule has 0 bridgehead atoms. The van der Waals surface area contributed by atoms with E-state index >= 15 is 0 Å². The van der Waals surface area contributed by atoms with Crippen molar-refractivity contribution in [2.75, 3.05) is 20.3 Å². The smallest absolute Gasteiger partial charge is 0.273 e. The fraction of sp³-hybridized carbons (Fsp3) is 0.385. The average molecular weight is 494 g/mol. The third-order valence-electron chi connectivity index (χ3n) is 5.74. The number of fused-ring (bicyclic) bond motifs is 1.